The maximum absolute atomic E-state index is 12.9. The number of nitrogens with zero attached hydrogens (tertiary/aromatic N) is 2. The molecule has 1 heterocycles. The Bertz CT molecular complexity index is 1270. The van der Waals surface area contributed by atoms with E-state index in [2.05, 4.69) is 4.98 Å². The summed E-state index contributed by atoms with van der Waals surface area (Å²) in [4.78, 5) is 31.4. The Morgan fingerprint density at radius 1 is 0.824 bits per heavy atom. The summed E-state index contributed by atoms with van der Waals surface area (Å²) in [6.45, 7) is 0.687. The van der Waals surface area contributed by atoms with E-state index in [-0.39, 0.29) is 12.5 Å². The summed E-state index contributed by atoms with van der Waals surface area (Å²) in [6.07, 6.45) is 5.44. The summed E-state index contributed by atoms with van der Waals surface area (Å²) in [6, 6.07) is 29.4. The molecule has 4 aromatic rings. The summed E-state index contributed by atoms with van der Waals surface area (Å²) in [7, 11) is 0. The molecule has 0 N–H and O–H groups in total. The Morgan fingerprint density at radius 2 is 1.53 bits per heavy atom. The first kappa shape index (κ1) is 22.9. The van der Waals surface area contributed by atoms with Crippen LogP contribution in [-0.2, 0) is 27.3 Å². The quantitative estimate of drug-likeness (QED) is 0.264. The molecule has 0 radical (unpaired) electrons. The highest BCUT2D eigenvalue weighted by atomic mass is 16.5. The third kappa shape index (κ3) is 6.39. The van der Waals surface area contributed by atoms with Crippen molar-refractivity contribution >= 4 is 28.9 Å². The molecule has 4 rings (SSSR count). The van der Waals surface area contributed by atoms with Gasteiger partial charge < -0.3 is 9.64 Å². The molecule has 0 fully saturated rings. The van der Waals surface area contributed by atoms with Crippen molar-refractivity contribution in [1.29, 1.82) is 0 Å². The van der Waals surface area contributed by atoms with E-state index in [0.29, 0.717) is 13.1 Å². The maximum Gasteiger partial charge on any atom is 0.331 e. The number of carbonyl (C=O) groups excluding carboxylic acids is 2. The van der Waals surface area contributed by atoms with Crippen LogP contribution in [0.4, 0.5) is 0 Å². The second-order valence-electron chi connectivity index (χ2n) is 7.90. The van der Waals surface area contributed by atoms with Gasteiger partial charge in [0.1, 0.15) is 0 Å². The first-order chi connectivity index (χ1) is 16.7. The fraction of sp³-hybridized carbons (Fsp3) is 0.138. The Balaban J connectivity index is 1.37. The van der Waals surface area contributed by atoms with Crippen LogP contribution in [0.3, 0.4) is 0 Å². The van der Waals surface area contributed by atoms with Gasteiger partial charge in [-0.2, -0.15) is 0 Å². The van der Waals surface area contributed by atoms with Crippen molar-refractivity contribution in [2.45, 2.75) is 13.0 Å². The Kier molecular flexibility index (Phi) is 7.80. The third-order valence-corrected chi connectivity index (χ3v) is 5.48. The van der Waals surface area contributed by atoms with Crippen LogP contribution in [0.2, 0.25) is 0 Å². The molecule has 0 bridgehead atoms. The van der Waals surface area contributed by atoms with Gasteiger partial charge in [-0.3, -0.25) is 9.78 Å². The minimum atomic E-state index is -0.566. The molecule has 0 aliphatic carbocycles. The predicted molar refractivity (Wildman–Crippen MR) is 134 cm³/mol. The Hall–Kier alpha value is -4.25. The lowest BCUT2D eigenvalue weighted by Crippen LogP contribution is -2.35. The van der Waals surface area contributed by atoms with Gasteiger partial charge in [-0.15, -0.1) is 0 Å². The monoisotopic (exact) mass is 450 g/mol. The first-order valence-electron chi connectivity index (χ1n) is 11.2. The molecule has 0 aliphatic heterocycles. The normalized spacial score (nSPS) is 10.9. The molecular weight excluding hydrogens is 424 g/mol. The summed E-state index contributed by atoms with van der Waals surface area (Å²) in [5.41, 5.74) is 3.80. The summed E-state index contributed by atoms with van der Waals surface area (Å²) in [5, 5.41) is 0.989. The predicted octanol–water partition coefficient (Wildman–Crippen LogP) is 5.06. The molecule has 1 aromatic heterocycles. The molecule has 0 unspecified atom stereocenters. The number of amides is 1. The van der Waals surface area contributed by atoms with Crippen LogP contribution in [0, 0.1) is 0 Å². The standard InChI is InChI=1S/C29H26N2O3/c32-27(22-34-28(33)17-16-26-14-7-13-25-15-8-19-30-29(25)26)31(21-24-11-5-2-6-12-24)20-18-23-9-3-1-4-10-23/h1-17,19H,18,20-22H2/b17-16+. The number of rotatable bonds is 9. The lowest BCUT2D eigenvalue weighted by molar-refractivity contribution is -0.148. The van der Waals surface area contributed by atoms with Crippen molar-refractivity contribution in [3.63, 3.8) is 0 Å². The molecule has 5 nitrogen and oxygen atoms in total. The van der Waals surface area contributed by atoms with Crippen molar-refractivity contribution in [2.24, 2.45) is 0 Å². The molecule has 0 aliphatic rings. The largest absolute Gasteiger partial charge is 0.452 e. The Morgan fingerprint density at radius 3 is 2.29 bits per heavy atom. The molecule has 0 saturated heterocycles. The number of ether oxygens (including phenoxy) is 1. The van der Waals surface area contributed by atoms with Crippen LogP contribution in [0.25, 0.3) is 17.0 Å². The van der Waals surface area contributed by atoms with E-state index in [1.54, 1.807) is 17.2 Å². The van der Waals surface area contributed by atoms with Crippen LogP contribution in [0.5, 0.6) is 0 Å². The molecule has 34 heavy (non-hydrogen) atoms. The molecule has 0 spiro atoms. The van der Waals surface area contributed by atoms with E-state index in [9.17, 15) is 9.59 Å². The van der Waals surface area contributed by atoms with Crippen LogP contribution < -0.4 is 0 Å². The molecule has 5 heteroatoms. The number of aromatic nitrogens is 1. The SMILES string of the molecule is O=C(/C=C/c1cccc2cccnc12)OCC(=O)N(CCc1ccccc1)Cc1ccccc1. The van der Waals surface area contributed by atoms with Gasteiger partial charge in [0.25, 0.3) is 5.91 Å². The highest BCUT2D eigenvalue weighted by Gasteiger charge is 2.16. The molecule has 0 saturated carbocycles. The second kappa shape index (κ2) is 11.6. The van der Waals surface area contributed by atoms with Crippen molar-refractivity contribution in [3.05, 3.63) is 120 Å². The van der Waals surface area contributed by atoms with E-state index in [0.717, 1.165) is 34.0 Å². The fourth-order valence-corrected chi connectivity index (χ4v) is 3.70. The molecule has 1 amide bonds. The lowest BCUT2D eigenvalue weighted by Gasteiger charge is -2.23. The van der Waals surface area contributed by atoms with Gasteiger partial charge in [0.2, 0.25) is 0 Å². The zero-order valence-corrected chi connectivity index (χ0v) is 18.8. The minimum Gasteiger partial charge on any atom is -0.452 e. The number of hydrogen-bond acceptors (Lipinski definition) is 4. The van der Waals surface area contributed by atoms with E-state index >= 15 is 0 Å². The van der Waals surface area contributed by atoms with Crippen molar-refractivity contribution in [2.75, 3.05) is 13.2 Å². The maximum atomic E-state index is 12.9. The zero-order chi connectivity index (χ0) is 23.6. The van der Waals surface area contributed by atoms with Gasteiger partial charge in [0.05, 0.1) is 5.52 Å². The molecule has 3 aromatic carbocycles. The zero-order valence-electron chi connectivity index (χ0n) is 18.8. The number of pyridine rings is 1. The van der Waals surface area contributed by atoms with Crippen molar-refractivity contribution in [1.82, 2.24) is 9.88 Å². The molecule has 170 valence electrons. The second-order valence-corrected chi connectivity index (χ2v) is 7.90. The van der Waals surface area contributed by atoms with Gasteiger partial charge in [-0.1, -0.05) is 84.9 Å². The minimum absolute atomic E-state index is 0.228. The summed E-state index contributed by atoms with van der Waals surface area (Å²) in [5.74, 6) is -0.794. The van der Waals surface area contributed by atoms with Gasteiger partial charge in [0, 0.05) is 36.3 Å². The number of hydrogen-bond donors (Lipinski definition) is 0. The van der Waals surface area contributed by atoms with Crippen LogP contribution in [0.1, 0.15) is 16.7 Å². The fourth-order valence-electron chi connectivity index (χ4n) is 3.70. The number of carbonyl (C=O) groups is 2. The van der Waals surface area contributed by atoms with E-state index in [4.69, 9.17) is 4.74 Å². The summed E-state index contributed by atoms with van der Waals surface area (Å²) >= 11 is 0. The van der Waals surface area contributed by atoms with Crippen LogP contribution in [-0.4, -0.2) is 34.9 Å². The highest BCUT2D eigenvalue weighted by molar-refractivity contribution is 5.93. The van der Waals surface area contributed by atoms with Gasteiger partial charge in [0.15, 0.2) is 6.61 Å². The summed E-state index contributed by atoms with van der Waals surface area (Å²) < 4.78 is 5.27. The van der Waals surface area contributed by atoms with E-state index in [1.807, 2.05) is 91.0 Å². The average molecular weight is 451 g/mol. The number of esters is 1. The van der Waals surface area contributed by atoms with E-state index in [1.165, 1.54) is 6.08 Å². The van der Waals surface area contributed by atoms with Crippen molar-refractivity contribution < 1.29 is 14.3 Å². The smallest absolute Gasteiger partial charge is 0.331 e. The number of benzene rings is 3. The number of fused-ring (bicyclic) bond motifs is 1. The van der Waals surface area contributed by atoms with E-state index < -0.39 is 5.97 Å². The van der Waals surface area contributed by atoms with Gasteiger partial charge >= 0.3 is 5.97 Å². The third-order valence-electron chi connectivity index (χ3n) is 5.48. The van der Waals surface area contributed by atoms with Crippen LogP contribution in [0.15, 0.2) is 103 Å². The van der Waals surface area contributed by atoms with Crippen LogP contribution >= 0.6 is 0 Å². The first-order valence-corrected chi connectivity index (χ1v) is 11.2. The molecule has 0 atom stereocenters. The average Bonchev–Trinajstić information content (AvgIpc) is 2.89. The molecular formula is C29H26N2O3. The van der Waals surface area contributed by atoms with Crippen molar-refractivity contribution in [3.8, 4) is 0 Å². The van der Waals surface area contributed by atoms with Gasteiger partial charge in [-0.05, 0) is 29.7 Å². The lowest BCUT2D eigenvalue weighted by atomic mass is 10.1. The topological polar surface area (TPSA) is 59.5 Å². The van der Waals surface area contributed by atoms with Gasteiger partial charge in [-0.25, -0.2) is 4.79 Å². The Labute approximate surface area is 199 Å². The number of para-hydroxylation sites is 1. The highest BCUT2D eigenvalue weighted by Crippen LogP contribution is 2.17.